The maximum absolute atomic E-state index is 13.6. The summed E-state index contributed by atoms with van der Waals surface area (Å²) in [5.41, 5.74) is 6.67. The highest BCUT2D eigenvalue weighted by Gasteiger charge is 2.37. The Hall–Kier alpha value is -7.62. The number of ether oxygens (including phenoxy) is 3. The molecular weight excluding hydrogens is 779 g/mol. The summed E-state index contributed by atoms with van der Waals surface area (Å²) in [6.45, 7) is 3.76. The molecule has 306 valence electrons. The molecule has 9 rings (SSSR count). The second-order valence-electron chi connectivity index (χ2n) is 15.7. The summed E-state index contributed by atoms with van der Waals surface area (Å²) in [4.78, 5) is 55.2. The minimum atomic E-state index is -0.501. The van der Waals surface area contributed by atoms with Crippen molar-refractivity contribution < 1.29 is 38.5 Å². The second kappa shape index (κ2) is 16.8. The number of ketones is 2. The van der Waals surface area contributed by atoms with Crippen LogP contribution in [0.2, 0.25) is 0 Å². The number of carbonyl (C=O) groups excluding carboxylic acids is 4. The standard InChI is InChI=1S/C53H41NO8/c1-32-3-15-40(16-4-32)60-42-19-9-36(10-20-42)28-38-29-50(56)48-30-44(23-25-46(48)51(38)57)62-45-24-26-47-49(31-45)53(59)54(52(47)58)39-13-21-43(22-14-39)61-41-17-7-35(8-18-41)27-34-5-11-37(12-6-34)33(2)55/h3-26,30-31,33,38,55H,27-29H2,1-2H3. The van der Waals surface area contributed by atoms with Crippen molar-refractivity contribution in [2.75, 3.05) is 4.90 Å². The summed E-state index contributed by atoms with van der Waals surface area (Å²) < 4.78 is 18.1. The van der Waals surface area contributed by atoms with Crippen LogP contribution in [0.5, 0.6) is 34.5 Å². The van der Waals surface area contributed by atoms with Crippen molar-refractivity contribution in [2.45, 2.75) is 39.2 Å². The topological polar surface area (TPSA) is 119 Å². The van der Waals surface area contributed by atoms with Gasteiger partial charge >= 0.3 is 0 Å². The Bertz CT molecular complexity index is 2830. The summed E-state index contributed by atoms with van der Waals surface area (Å²) >= 11 is 0. The molecule has 1 aliphatic heterocycles. The fourth-order valence-electron chi connectivity index (χ4n) is 7.84. The lowest BCUT2D eigenvalue weighted by Gasteiger charge is -2.23. The monoisotopic (exact) mass is 819 g/mol. The van der Waals surface area contributed by atoms with Crippen LogP contribution in [-0.2, 0) is 12.8 Å². The van der Waals surface area contributed by atoms with Gasteiger partial charge in [0, 0.05) is 23.5 Å². The van der Waals surface area contributed by atoms with Crippen LogP contribution in [0.15, 0.2) is 158 Å². The van der Waals surface area contributed by atoms with E-state index >= 15 is 0 Å². The van der Waals surface area contributed by atoms with Crippen molar-refractivity contribution in [3.8, 4) is 34.5 Å². The van der Waals surface area contributed by atoms with Crippen molar-refractivity contribution >= 4 is 29.1 Å². The van der Waals surface area contributed by atoms with Gasteiger partial charge in [-0.15, -0.1) is 0 Å². The molecule has 9 nitrogen and oxygen atoms in total. The molecule has 0 aromatic heterocycles. The van der Waals surface area contributed by atoms with Crippen molar-refractivity contribution in [2.24, 2.45) is 5.92 Å². The lowest BCUT2D eigenvalue weighted by atomic mass is 9.79. The maximum atomic E-state index is 13.6. The van der Waals surface area contributed by atoms with Crippen LogP contribution in [0.3, 0.4) is 0 Å². The van der Waals surface area contributed by atoms with E-state index in [9.17, 15) is 24.3 Å². The van der Waals surface area contributed by atoms with Crippen LogP contribution in [0.25, 0.3) is 0 Å². The van der Waals surface area contributed by atoms with Crippen molar-refractivity contribution in [3.05, 3.63) is 208 Å². The lowest BCUT2D eigenvalue weighted by Crippen LogP contribution is -2.29. The zero-order valence-corrected chi connectivity index (χ0v) is 34.0. The predicted octanol–water partition coefficient (Wildman–Crippen LogP) is 11.4. The van der Waals surface area contributed by atoms with E-state index < -0.39 is 23.8 Å². The predicted molar refractivity (Wildman–Crippen MR) is 235 cm³/mol. The van der Waals surface area contributed by atoms with Crippen LogP contribution in [-0.4, -0.2) is 28.5 Å². The number of imide groups is 1. The summed E-state index contributed by atoms with van der Waals surface area (Å²) in [6, 6.07) is 47.2. The first-order chi connectivity index (χ1) is 30.0. The van der Waals surface area contributed by atoms with Crippen LogP contribution in [0.1, 0.15) is 88.7 Å². The van der Waals surface area contributed by atoms with Crippen LogP contribution < -0.4 is 19.1 Å². The number of aryl methyl sites for hydroxylation is 1. The number of anilines is 1. The third kappa shape index (κ3) is 8.39. The highest BCUT2D eigenvalue weighted by molar-refractivity contribution is 6.34. The number of rotatable bonds is 12. The van der Waals surface area contributed by atoms with Gasteiger partial charge < -0.3 is 19.3 Å². The maximum Gasteiger partial charge on any atom is 0.266 e. The van der Waals surface area contributed by atoms with Gasteiger partial charge in [0.1, 0.15) is 34.5 Å². The van der Waals surface area contributed by atoms with Crippen molar-refractivity contribution in [3.63, 3.8) is 0 Å². The van der Waals surface area contributed by atoms with Gasteiger partial charge in [-0.1, -0.05) is 66.2 Å². The molecule has 0 fully saturated rings. The quantitative estimate of drug-likeness (QED) is 0.121. The van der Waals surface area contributed by atoms with Gasteiger partial charge in [0.05, 0.1) is 22.9 Å². The zero-order valence-electron chi connectivity index (χ0n) is 34.0. The van der Waals surface area contributed by atoms with E-state index in [1.165, 1.54) is 6.07 Å². The number of aliphatic hydroxyl groups excluding tert-OH is 1. The Morgan fingerprint density at radius 3 is 1.56 bits per heavy atom. The number of amides is 2. The normalized spacial score (nSPS) is 15.0. The molecule has 0 spiro atoms. The molecular formula is C53H41NO8. The largest absolute Gasteiger partial charge is 0.457 e. The summed E-state index contributed by atoms with van der Waals surface area (Å²) in [5.74, 6) is 1.53. The molecule has 0 saturated heterocycles. The SMILES string of the molecule is Cc1ccc(Oc2ccc(CC3CC(=O)c4cc(Oc5ccc6c(c5)C(=O)N(c5ccc(Oc7ccc(Cc8ccc(C(C)O)cc8)cc7)cc5)C6=O)ccc4C3=O)cc2)cc1. The number of benzene rings is 7. The molecule has 0 bridgehead atoms. The fourth-order valence-corrected chi connectivity index (χ4v) is 7.84. The number of hydrogen-bond donors (Lipinski definition) is 1. The zero-order chi connectivity index (χ0) is 42.9. The average Bonchev–Trinajstić information content (AvgIpc) is 3.53. The summed E-state index contributed by atoms with van der Waals surface area (Å²) in [5, 5.41) is 9.76. The summed E-state index contributed by atoms with van der Waals surface area (Å²) in [6.07, 6.45) is 0.734. The average molecular weight is 820 g/mol. The van der Waals surface area contributed by atoms with E-state index in [4.69, 9.17) is 14.2 Å². The molecule has 0 saturated carbocycles. The molecule has 1 aliphatic carbocycles. The van der Waals surface area contributed by atoms with E-state index in [0.717, 1.165) is 44.9 Å². The van der Waals surface area contributed by atoms with E-state index in [-0.39, 0.29) is 29.1 Å². The minimum absolute atomic E-state index is 0.0749. The Labute approximate surface area is 358 Å². The molecule has 2 atom stereocenters. The van der Waals surface area contributed by atoms with Gasteiger partial charge in [-0.3, -0.25) is 19.2 Å². The first kappa shape index (κ1) is 39.8. The number of carbonyl (C=O) groups is 4. The molecule has 2 amide bonds. The fraction of sp³-hybridized carbons (Fsp3) is 0.132. The molecule has 1 N–H and O–H groups in total. The van der Waals surface area contributed by atoms with Gasteiger partial charge in [0.25, 0.3) is 11.8 Å². The molecule has 2 unspecified atom stereocenters. The van der Waals surface area contributed by atoms with Gasteiger partial charge in [0.15, 0.2) is 11.6 Å². The highest BCUT2D eigenvalue weighted by Crippen LogP contribution is 2.36. The van der Waals surface area contributed by atoms with E-state index in [1.807, 2.05) is 104 Å². The van der Waals surface area contributed by atoms with Crippen LogP contribution >= 0.6 is 0 Å². The van der Waals surface area contributed by atoms with Gasteiger partial charge in [-0.25, -0.2) is 4.90 Å². The molecule has 9 heteroatoms. The van der Waals surface area contributed by atoms with Crippen LogP contribution in [0, 0.1) is 12.8 Å². The molecule has 1 heterocycles. The first-order valence-corrected chi connectivity index (χ1v) is 20.4. The Morgan fingerprint density at radius 1 is 0.532 bits per heavy atom. The van der Waals surface area contributed by atoms with E-state index in [2.05, 4.69) is 0 Å². The number of nitrogens with zero attached hydrogens (tertiary/aromatic N) is 1. The molecule has 2 aliphatic rings. The third-order valence-corrected chi connectivity index (χ3v) is 11.2. The molecule has 0 radical (unpaired) electrons. The highest BCUT2D eigenvalue weighted by atomic mass is 16.5. The third-order valence-electron chi connectivity index (χ3n) is 11.2. The minimum Gasteiger partial charge on any atom is -0.457 e. The Morgan fingerprint density at radius 2 is 0.984 bits per heavy atom. The molecule has 7 aromatic carbocycles. The smallest absolute Gasteiger partial charge is 0.266 e. The van der Waals surface area contributed by atoms with Gasteiger partial charge in [-0.05, 0) is 146 Å². The van der Waals surface area contributed by atoms with Crippen LogP contribution in [0.4, 0.5) is 5.69 Å². The second-order valence-corrected chi connectivity index (χ2v) is 15.7. The molecule has 62 heavy (non-hydrogen) atoms. The van der Waals surface area contributed by atoms with Crippen molar-refractivity contribution in [1.82, 2.24) is 0 Å². The number of hydrogen-bond acceptors (Lipinski definition) is 8. The van der Waals surface area contributed by atoms with Gasteiger partial charge in [0.2, 0.25) is 0 Å². The van der Waals surface area contributed by atoms with Gasteiger partial charge in [-0.2, -0.15) is 0 Å². The Kier molecular flexibility index (Phi) is 10.8. The Balaban J connectivity index is 0.815. The molecule has 7 aromatic rings. The number of Topliss-reactive ketones (excluding diaryl/α,β-unsaturated/α-hetero) is 2. The van der Waals surface area contributed by atoms with E-state index in [0.29, 0.717) is 52.0 Å². The lowest BCUT2D eigenvalue weighted by molar-refractivity contribution is 0.0823. The summed E-state index contributed by atoms with van der Waals surface area (Å²) in [7, 11) is 0. The number of fused-ring (bicyclic) bond motifs is 2. The number of aliphatic hydroxyl groups is 1. The first-order valence-electron chi connectivity index (χ1n) is 20.4. The van der Waals surface area contributed by atoms with Crippen molar-refractivity contribution in [1.29, 1.82) is 0 Å². The van der Waals surface area contributed by atoms with E-state index in [1.54, 1.807) is 61.5 Å².